The minimum Gasteiger partial charge on any atom is -0.497 e. The summed E-state index contributed by atoms with van der Waals surface area (Å²) in [5, 5.41) is 8.73. The third-order valence-electron chi connectivity index (χ3n) is 4.24. The Morgan fingerprint density at radius 2 is 1.96 bits per heavy atom. The molecule has 28 heavy (non-hydrogen) atoms. The highest BCUT2D eigenvalue weighted by molar-refractivity contribution is 7.09. The molecule has 0 saturated heterocycles. The van der Waals surface area contributed by atoms with Crippen LogP contribution in [0, 0.1) is 5.92 Å². The number of benzene rings is 1. The van der Waals surface area contributed by atoms with Crippen LogP contribution in [-0.2, 0) is 17.8 Å². The fourth-order valence-electron chi connectivity index (χ4n) is 2.55. The topological polar surface area (TPSA) is 66.0 Å². The molecule has 2 N–H and O–H groups in total. The third-order valence-corrected chi connectivity index (χ3v) is 5.12. The first-order chi connectivity index (χ1) is 13.5. The highest BCUT2D eigenvalue weighted by Gasteiger charge is 2.08. The van der Waals surface area contributed by atoms with Crippen molar-refractivity contribution in [3.05, 3.63) is 52.2 Å². The van der Waals surface area contributed by atoms with Gasteiger partial charge in [-0.2, -0.15) is 0 Å². The number of guanidine groups is 1. The quantitative estimate of drug-likeness (QED) is 0.500. The zero-order valence-corrected chi connectivity index (χ0v) is 17.9. The van der Waals surface area contributed by atoms with E-state index in [9.17, 15) is 4.79 Å². The summed E-state index contributed by atoms with van der Waals surface area (Å²) in [6.07, 6.45) is 0.950. The van der Waals surface area contributed by atoms with Crippen molar-refractivity contribution >= 4 is 23.2 Å². The van der Waals surface area contributed by atoms with Crippen LogP contribution in [-0.4, -0.2) is 51.1 Å². The first-order valence-electron chi connectivity index (χ1n) is 9.35. The zero-order chi connectivity index (χ0) is 20.4. The van der Waals surface area contributed by atoms with E-state index < -0.39 is 0 Å². The average Bonchev–Trinajstić information content (AvgIpc) is 3.21. The Hall–Kier alpha value is -2.54. The molecule has 0 fully saturated rings. The molecular formula is C21H30N4O2S. The van der Waals surface area contributed by atoms with Crippen molar-refractivity contribution in [1.29, 1.82) is 0 Å². The molecule has 6 nitrogen and oxygen atoms in total. The molecule has 2 aromatic rings. The molecule has 0 spiro atoms. The predicted octanol–water partition coefficient (Wildman–Crippen LogP) is 2.76. The van der Waals surface area contributed by atoms with Gasteiger partial charge in [0.05, 0.1) is 13.7 Å². The number of hydrogen-bond acceptors (Lipinski definition) is 4. The van der Waals surface area contributed by atoms with Crippen molar-refractivity contribution in [3.63, 3.8) is 0 Å². The Kier molecular flexibility index (Phi) is 8.81. The van der Waals surface area contributed by atoms with Crippen LogP contribution in [0.2, 0.25) is 0 Å². The molecule has 7 heteroatoms. The van der Waals surface area contributed by atoms with Crippen molar-refractivity contribution in [1.82, 2.24) is 15.5 Å². The Balaban J connectivity index is 1.89. The van der Waals surface area contributed by atoms with E-state index in [2.05, 4.69) is 40.7 Å². The SMILES string of the molecule is COc1ccc(CC(C)CNC(=NCC(=O)N(C)C)NCc2cccs2)cc1. The molecule has 1 unspecified atom stereocenters. The molecule has 1 amide bonds. The molecule has 2 rings (SSSR count). The van der Waals surface area contributed by atoms with Gasteiger partial charge < -0.3 is 20.3 Å². The molecule has 1 heterocycles. The Morgan fingerprint density at radius 1 is 1.21 bits per heavy atom. The van der Waals surface area contributed by atoms with Crippen LogP contribution in [0.3, 0.4) is 0 Å². The van der Waals surface area contributed by atoms with Crippen molar-refractivity contribution < 1.29 is 9.53 Å². The van der Waals surface area contributed by atoms with Gasteiger partial charge in [0.25, 0.3) is 0 Å². The summed E-state index contributed by atoms with van der Waals surface area (Å²) in [6.45, 7) is 3.77. The lowest BCUT2D eigenvalue weighted by molar-refractivity contribution is -0.127. The zero-order valence-electron chi connectivity index (χ0n) is 17.1. The van der Waals surface area contributed by atoms with Crippen LogP contribution in [0.5, 0.6) is 5.75 Å². The lowest BCUT2D eigenvalue weighted by Crippen LogP contribution is -2.40. The summed E-state index contributed by atoms with van der Waals surface area (Å²) in [6, 6.07) is 12.3. The summed E-state index contributed by atoms with van der Waals surface area (Å²) >= 11 is 1.69. The summed E-state index contributed by atoms with van der Waals surface area (Å²) < 4.78 is 5.21. The van der Waals surface area contributed by atoms with Crippen LogP contribution in [0.25, 0.3) is 0 Å². The van der Waals surface area contributed by atoms with Crippen LogP contribution < -0.4 is 15.4 Å². The second kappa shape index (κ2) is 11.3. The highest BCUT2D eigenvalue weighted by Crippen LogP contribution is 2.14. The fourth-order valence-corrected chi connectivity index (χ4v) is 3.20. The number of amides is 1. The van der Waals surface area contributed by atoms with Gasteiger partial charge in [0.2, 0.25) is 5.91 Å². The number of methoxy groups -OCH3 is 1. The smallest absolute Gasteiger partial charge is 0.243 e. The van der Waals surface area contributed by atoms with E-state index in [1.165, 1.54) is 10.4 Å². The molecule has 1 atom stereocenters. The first-order valence-corrected chi connectivity index (χ1v) is 10.2. The maximum absolute atomic E-state index is 11.9. The van der Waals surface area contributed by atoms with Crippen LogP contribution >= 0.6 is 11.3 Å². The van der Waals surface area contributed by atoms with Crippen LogP contribution in [0.4, 0.5) is 0 Å². The number of nitrogens with one attached hydrogen (secondary N) is 2. The predicted molar refractivity (Wildman–Crippen MR) is 116 cm³/mol. The minimum absolute atomic E-state index is 0.0245. The number of aliphatic imine (C=N–C) groups is 1. The summed E-state index contributed by atoms with van der Waals surface area (Å²) in [4.78, 5) is 19.1. The van der Waals surface area contributed by atoms with Gasteiger partial charge in [-0.05, 0) is 41.5 Å². The average molecular weight is 403 g/mol. The molecule has 1 aromatic carbocycles. The first kappa shape index (κ1) is 21.8. The van der Waals surface area contributed by atoms with Gasteiger partial charge in [-0.3, -0.25) is 4.79 Å². The number of thiophene rings is 1. The fraction of sp³-hybridized carbons (Fsp3) is 0.429. The molecule has 0 aliphatic rings. The van der Waals surface area contributed by atoms with Gasteiger partial charge in [0, 0.05) is 25.5 Å². The Bertz CT molecular complexity index is 742. The van der Waals surface area contributed by atoms with Crippen molar-refractivity contribution in [2.75, 3.05) is 34.3 Å². The van der Waals surface area contributed by atoms with Crippen LogP contribution in [0.1, 0.15) is 17.4 Å². The minimum atomic E-state index is -0.0245. The largest absolute Gasteiger partial charge is 0.497 e. The molecular weight excluding hydrogens is 372 g/mol. The maximum Gasteiger partial charge on any atom is 0.243 e. The van der Waals surface area contributed by atoms with Gasteiger partial charge in [-0.15, -0.1) is 11.3 Å². The number of carbonyl (C=O) groups is 1. The van der Waals surface area contributed by atoms with E-state index >= 15 is 0 Å². The molecule has 152 valence electrons. The highest BCUT2D eigenvalue weighted by atomic mass is 32.1. The number of carbonyl (C=O) groups excluding carboxylic acids is 1. The summed E-state index contributed by atoms with van der Waals surface area (Å²) in [5.41, 5.74) is 1.27. The normalized spacial score (nSPS) is 12.4. The number of ether oxygens (including phenoxy) is 1. The Morgan fingerprint density at radius 3 is 2.57 bits per heavy atom. The van der Waals surface area contributed by atoms with E-state index in [4.69, 9.17) is 4.74 Å². The summed E-state index contributed by atoms with van der Waals surface area (Å²) in [7, 11) is 5.15. The van der Waals surface area contributed by atoms with Crippen molar-refractivity contribution in [3.8, 4) is 5.75 Å². The van der Waals surface area contributed by atoms with E-state index in [-0.39, 0.29) is 12.5 Å². The molecule has 0 radical (unpaired) electrons. The molecule has 1 aromatic heterocycles. The molecule has 0 bridgehead atoms. The van der Waals surface area contributed by atoms with E-state index in [0.29, 0.717) is 18.4 Å². The number of nitrogens with zero attached hydrogens (tertiary/aromatic N) is 2. The summed E-state index contributed by atoms with van der Waals surface area (Å²) in [5.74, 6) is 1.91. The molecule has 0 aliphatic carbocycles. The Labute approximate surface area is 171 Å². The van der Waals surface area contributed by atoms with Gasteiger partial charge in [-0.1, -0.05) is 25.1 Å². The number of likely N-dealkylation sites (N-methyl/N-ethyl adjacent to an activating group) is 1. The van der Waals surface area contributed by atoms with Gasteiger partial charge in [-0.25, -0.2) is 4.99 Å². The lowest BCUT2D eigenvalue weighted by Gasteiger charge is -2.17. The second-order valence-corrected chi connectivity index (χ2v) is 7.96. The van der Waals surface area contributed by atoms with E-state index in [1.807, 2.05) is 23.6 Å². The standard InChI is InChI=1S/C21H30N4O2S/c1-16(12-17-7-9-18(27-4)10-8-17)13-22-21(24-15-20(26)25(2)3)23-14-19-6-5-11-28-19/h5-11,16H,12-15H2,1-4H3,(H2,22,23,24). The lowest BCUT2D eigenvalue weighted by atomic mass is 10.0. The van der Waals surface area contributed by atoms with Crippen LogP contribution in [0.15, 0.2) is 46.8 Å². The van der Waals surface area contributed by atoms with Crippen molar-refractivity contribution in [2.45, 2.75) is 19.9 Å². The van der Waals surface area contributed by atoms with E-state index in [1.54, 1.807) is 37.4 Å². The monoisotopic (exact) mass is 402 g/mol. The van der Waals surface area contributed by atoms with E-state index in [0.717, 1.165) is 18.7 Å². The molecule has 0 aliphatic heterocycles. The maximum atomic E-state index is 11.9. The second-order valence-electron chi connectivity index (χ2n) is 6.92. The van der Waals surface area contributed by atoms with Gasteiger partial charge in [0.15, 0.2) is 5.96 Å². The molecule has 0 saturated carbocycles. The number of hydrogen-bond donors (Lipinski definition) is 2. The number of rotatable bonds is 9. The van der Waals surface area contributed by atoms with Crippen molar-refractivity contribution in [2.24, 2.45) is 10.9 Å². The van der Waals surface area contributed by atoms with Gasteiger partial charge >= 0.3 is 0 Å². The van der Waals surface area contributed by atoms with Gasteiger partial charge in [0.1, 0.15) is 12.3 Å². The third kappa shape index (κ3) is 7.60.